The summed E-state index contributed by atoms with van der Waals surface area (Å²) in [5, 5.41) is 12.3. The first kappa shape index (κ1) is 22.2. The number of anilines is 1. The quantitative estimate of drug-likeness (QED) is 0.441. The van der Waals surface area contributed by atoms with Gasteiger partial charge in [-0.05, 0) is 66.9 Å². The highest BCUT2D eigenvalue weighted by molar-refractivity contribution is 8.18. The minimum absolute atomic E-state index is 0.352. The van der Waals surface area contributed by atoms with E-state index in [0.29, 0.717) is 22.5 Å². The number of aromatic nitrogens is 5. The third-order valence-corrected chi connectivity index (χ3v) is 6.66. The van der Waals surface area contributed by atoms with Gasteiger partial charge in [0.25, 0.3) is 11.1 Å². The third kappa shape index (κ3) is 5.32. The number of carbonyl (C=O) groups is 2. The van der Waals surface area contributed by atoms with E-state index < -0.39 is 0 Å². The number of rotatable bonds is 7. The van der Waals surface area contributed by atoms with Gasteiger partial charge in [0.1, 0.15) is 0 Å². The maximum absolute atomic E-state index is 11.8. The summed E-state index contributed by atoms with van der Waals surface area (Å²) in [5.41, 5.74) is 3.56. The molecule has 0 saturated carbocycles. The van der Waals surface area contributed by atoms with Crippen LogP contribution in [0, 0.1) is 5.92 Å². The van der Waals surface area contributed by atoms with E-state index in [0.717, 1.165) is 67.7 Å². The molecule has 2 saturated heterocycles. The second-order valence-electron chi connectivity index (χ2n) is 8.22. The lowest BCUT2D eigenvalue weighted by Crippen LogP contribution is -2.38. The van der Waals surface area contributed by atoms with Gasteiger partial charge in [0.2, 0.25) is 5.95 Å². The van der Waals surface area contributed by atoms with E-state index in [9.17, 15) is 9.59 Å². The van der Waals surface area contributed by atoms with Crippen LogP contribution in [0.3, 0.4) is 0 Å². The molecule has 34 heavy (non-hydrogen) atoms. The zero-order valence-electron chi connectivity index (χ0n) is 18.4. The normalized spacial score (nSPS) is 18.0. The fourth-order valence-electron chi connectivity index (χ4n) is 3.99. The number of aromatic amines is 1. The summed E-state index contributed by atoms with van der Waals surface area (Å²) >= 11 is 0.889. The summed E-state index contributed by atoms with van der Waals surface area (Å²) in [5.74, 6) is 0.857. The number of carbonyl (C=O) groups excluding carboxylic acids is 2. The Bertz CT molecular complexity index is 1190. The van der Waals surface area contributed by atoms with Crippen molar-refractivity contribution in [3.63, 3.8) is 0 Å². The summed E-state index contributed by atoms with van der Waals surface area (Å²) in [6.07, 6.45) is 9.03. The molecule has 0 radical (unpaired) electrons. The van der Waals surface area contributed by atoms with Crippen LogP contribution in [0.1, 0.15) is 24.1 Å². The van der Waals surface area contributed by atoms with Gasteiger partial charge in [0.05, 0.1) is 22.0 Å². The first-order valence-corrected chi connectivity index (χ1v) is 11.9. The van der Waals surface area contributed by atoms with Crippen LogP contribution in [0.4, 0.5) is 10.7 Å². The molecular weight excluding hydrogens is 452 g/mol. The highest BCUT2D eigenvalue weighted by Crippen LogP contribution is 2.26. The monoisotopic (exact) mass is 476 g/mol. The van der Waals surface area contributed by atoms with Gasteiger partial charge in [-0.1, -0.05) is 6.07 Å². The lowest BCUT2D eigenvalue weighted by Gasteiger charge is -2.32. The molecule has 0 bridgehead atoms. The van der Waals surface area contributed by atoms with Crippen LogP contribution in [0.25, 0.3) is 17.5 Å². The molecular formula is C23H24N8O2S. The second-order valence-corrected chi connectivity index (χ2v) is 9.23. The van der Waals surface area contributed by atoms with Crippen LogP contribution in [0.2, 0.25) is 0 Å². The molecule has 5 heterocycles. The number of piperidine rings is 1. The van der Waals surface area contributed by atoms with E-state index in [-0.39, 0.29) is 11.1 Å². The maximum Gasteiger partial charge on any atom is 0.290 e. The Kier molecular flexibility index (Phi) is 6.63. The van der Waals surface area contributed by atoms with E-state index in [1.165, 1.54) is 0 Å². The van der Waals surface area contributed by atoms with Crippen LogP contribution >= 0.6 is 11.8 Å². The van der Waals surface area contributed by atoms with Crippen molar-refractivity contribution >= 4 is 34.9 Å². The molecule has 0 spiro atoms. The number of hydrogen-bond donors (Lipinski definition) is 3. The van der Waals surface area contributed by atoms with E-state index >= 15 is 0 Å². The van der Waals surface area contributed by atoms with Gasteiger partial charge in [-0.2, -0.15) is 5.10 Å². The molecule has 0 aromatic carbocycles. The molecule has 2 amide bonds. The molecule has 3 aromatic heterocycles. The number of nitrogens with zero attached hydrogens (tertiary/aromatic N) is 5. The SMILES string of the molecule is O=C1NC(=O)/C(=C/c2ccnc(N3CCC(CNCc4ccc(-c5ccn[nH]5)nc4)CC3)n2)S1. The molecule has 2 aliphatic heterocycles. The Balaban J connectivity index is 1.09. The van der Waals surface area contributed by atoms with Gasteiger partial charge in [0.15, 0.2) is 0 Å². The first-order chi connectivity index (χ1) is 16.6. The standard InChI is InChI=1S/C23H24N8O2S/c32-21-20(34-23(33)29-21)11-17-3-7-25-22(28-17)31-9-5-15(6-10-31)12-24-13-16-1-2-18(26-14-16)19-4-8-27-30-19/h1-4,7-8,11,14-15,24H,5-6,9-10,12-13H2,(H,27,30)(H,29,32,33)/b20-11-. The molecule has 2 aliphatic rings. The largest absolute Gasteiger partial charge is 0.341 e. The number of thioether (sulfide) groups is 1. The van der Waals surface area contributed by atoms with Crippen LogP contribution < -0.4 is 15.5 Å². The Morgan fingerprint density at radius 1 is 1.12 bits per heavy atom. The first-order valence-electron chi connectivity index (χ1n) is 11.1. The molecule has 3 aromatic rings. The van der Waals surface area contributed by atoms with Crippen LogP contribution in [-0.2, 0) is 11.3 Å². The van der Waals surface area contributed by atoms with Crippen molar-refractivity contribution in [3.8, 4) is 11.4 Å². The van der Waals surface area contributed by atoms with Gasteiger partial charge in [-0.15, -0.1) is 0 Å². The summed E-state index contributed by atoms with van der Waals surface area (Å²) < 4.78 is 0. The van der Waals surface area contributed by atoms with Crippen molar-refractivity contribution in [2.75, 3.05) is 24.5 Å². The molecule has 3 N–H and O–H groups in total. The summed E-state index contributed by atoms with van der Waals surface area (Å²) in [6, 6.07) is 7.73. The Labute approximate surface area is 200 Å². The third-order valence-electron chi connectivity index (χ3n) is 5.85. The number of amides is 2. The number of hydrogen-bond acceptors (Lipinski definition) is 9. The number of H-pyrrole nitrogens is 1. The van der Waals surface area contributed by atoms with Crippen LogP contribution in [0.5, 0.6) is 0 Å². The molecule has 0 unspecified atom stereocenters. The van der Waals surface area contributed by atoms with Gasteiger partial charge >= 0.3 is 0 Å². The highest BCUT2D eigenvalue weighted by atomic mass is 32.2. The summed E-state index contributed by atoms with van der Waals surface area (Å²) in [6.45, 7) is 3.48. The zero-order valence-corrected chi connectivity index (χ0v) is 19.2. The Morgan fingerprint density at radius 3 is 2.71 bits per heavy atom. The average molecular weight is 477 g/mol. The predicted octanol–water partition coefficient (Wildman–Crippen LogP) is 2.59. The smallest absolute Gasteiger partial charge is 0.290 e. The van der Waals surface area contributed by atoms with E-state index in [2.05, 4.69) is 46.7 Å². The van der Waals surface area contributed by atoms with Gasteiger partial charge in [0, 0.05) is 38.2 Å². The predicted molar refractivity (Wildman–Crippen MR) is 130 cm³/mol. The van der Waals surface area contributed by atoms with Crippen molar-refractivity contribution in [1.82, 2.24) is 35.8 Å². The van der Waals surface area contributed by atoms with E-state index in [4.69, 9.17) is 0 Å². The minimum atomic E-state index is -0.381. The number of imide groups is 1. The number of nitrogens with one attached hydrogen (secondary N) is 3. The average Bonchev–Trinajstić information content (AvgIpc) is 3.50. The topological polar surface area (TPSA) is 129 Å². The zero-order chi connectivity index (χ0) is 23.3. The van der Waals surface area contributed by atoms with Crippen molar-refractivity contribution in [1.29, 1.82) is 0 Å². The molecule has 11 heteroatoms. The van der Waals surface area contributed by atoms with Gasteiger partial charge in [-0.25, -0.2) is 9.97 Å². The summed E-state index contributed by atoms with van der Waals surface area (Å²) in [7, 11) is 0. The van der Waals surface area contributed by atoms with Gasteiger partial charge in [-0.3, -0.25) is 25.0 Å². The highest BCUT2D eigenvalue weighted by Gasteiger charge is 2.25. The van der Waals surface area contributed by atoms with Crippen LogP contribution in [0.15, 0.2) is 47.8 Å². The van der Waals surface area contributed by atoms with Crippen molar-refractivity contribution < 1.29 is 9.59 Å². The molecule has 5 rings (SSSR count). The molecule has 10 nitrogen and oxygen atoms in total. The van der Waals surface area contributed by atoms with Crippen molar-refractivity contribution in [2.45, 2.75) is 19.4 Å². The van der Waals surface area contributed by atoms with Gasteiger partial charge < -0.3 is 10.2 Å². The van der Waals surface area contributed by atoms with Crippen LogP contribution in [-0.4, -0.2) is 55.9 Å². The lowest BCUT2D eigenvalue weighted by molar-refractivity contribution is -0.115. The van der Waals surface area contributed by atoms with Crippen molar-refractivity contribution in [2.24, 2.45) is 5.92 Å². The summed E-state index contributed by atoms with van der Waals surface area (Å²) in [4.78, 5) is 39.1. The molecule has 0 aliphatic carbocycles. The number of pyridine rings is 1. The maximum atomic E-state index is 11.8. The Hall–Kier alpha value is -3.57. The fraction of sp³-hybridized carbons (Fsp3) is 0.304. The molecule has 2 fully saturated rings. The molecule has 174 valence electrons. The lowest BCUT2D eigenvalue weighted by atomic mass is 9.97. The van der Waals surface area contributed by atoms with Crippen molar-refractivity contribution in [3.05, 3.63) is 59.0 Å². The van der Waals surface area contributed by atoms with E-state index in [1.54, 1.807) is 24.5 Å². The fourth-order valence-corrected chi connectivity index (χ4v) is 4.66. The van der Waals surface area contributed by atoms with E-state index in [1.807, 2.05) is 18.3 Å². The minimum Gasteiger partial charge on any atom is -0.341 e. The molecule has 0 atom stereocenters. The Morgan fingerprint density at radius 2 is 2.00 bits per heavy atom. The second kappa shape index (κ2) is 10.1.